The molecule has 0 saturated heterocycles. The van der Waals surface area contributed by atoms with E-state index >= 15 is 0 Å². The number of thioether (sulfide) groups is 2. The Bertz CT molecular complexity index is 680. The van der Waals surface area contributed by atoms with Gasteiger partial charge in [-0.25, -0.2) is 4.98 Å². The fourth-order valence-electron chi connectivity index (χ4n) is 2.28. The molecule has 1 aromatic heterocycles. The molecule has 0 radical (unpaired) electrons. The molecule has 10 heteroatoms. The highest BCUT2D eigenvalue weighted by Gasteiger charge is 2.41. The average molecular weight is 434 g/mol. The lowest BCUT2D eigenvalue weighted by Gasteiger charge is -2.22. The molecule has 0 bridgehead atoms. The quantitative estimate of drug-likeness (QED) is 0.550. The lowest BCUT2D eigenvalue weighted by atomic mass is 9.92. The van der Waals surface area contributed by atoms with Crippen LogP contribution in [0.25, 0.3) is 0 Å². The summed E-state index contributed by atoms with van der Waals surface area (Å²) in [4.78, 5) is 26.7. The molecule has 140 valence electrons. The van der Waals surface area contributed by atoms with Gasteiger partial charge >= 0.3 is 6.18 Å². The Morgan fingerprint density at radius 3 is 1.92 bits per heavy atom. The van der Waals surface area contributed by atoms with Crippen LogP contribution in [0, 0.1) is 5.92 Å². The molecule has 0 aliphatic rings. The molecule has 0 aliphatic carbocycles. The maximum Gasteiger partial charge on any atom is 0.434 e. The van der Waals surface area contributed by atoms with Crippen molar-refractivity contribution in [2.45, 2.75) is 31.3 Å². The van der Waals surface area contributed by atoms with Gasteiger partial charge in [-0.2, -0.15) is 13.2 Å². The van der Waals surface area contributed by atoms with Crippen LogP contribution in [0.2, 0.25) is 0 Å². The van der Waals surface area contributed by atoms with Crippen LogP contribution in [-0.2, 0) is 12.6 Å². The first-order chi connectivity index (χ1) is 11.4. The zero-order valence-electron chi connectivity index (χ0n) is 13.8. The van der Waals surface area contributed by atoms with E-state index in [1.54, 1.807) is 13.8 Å². The second kappa shape index (κ2) is 8.97. The minimum absolute atomic E-state index is 0.00248. The van der Waals surface area contributed by atoms with Crippen molar-refractivity contribution in [3.8, 4) is 0 Å². The highest BCUT2D eigenvalue weighted by atomic mass is 35.5. The van der Waals surface area contributed by atoms with Crippen LogP contribution in [0.4, 0.5) is 13.2 Å². The van der Waals surface area contributed by atoms with Crippen LogP contribution in [0.15, 0.2) is 0 Å². The van der Waals surface area contributed by atoms with Gasteiger partial charge in [0.1, 0.15) is 4.84 Å². The number of rotatable bonds is 5. The van der Waals surface area contributed by atoms with Gasteiger partial charge in [-0.05, 0) is 30.4 Å². The van der Waals surface area contributed by atoms with Gasteiger partial charge in [0.15, 0.2) is 5.69 Å². The fraction of sp³-hybridized carbons (Fsp3) is 0.533. The molecular weight excluding hydrogens is 418 g/mol. The second-order valence-corrected chi connectivity index (χ2v) is 8.11. The fourth-order valence-corrected chi connectivity index (χ4v) is 3.45. The minimum Gasteiger partial charge on any atom is -0.281 e. The summed E-state index contributed by atoms with van der Waals surface area (Å²) in [6.07, 6.45) is -1.94. The van der Waals surface area contributed by atoms with Crippen molar-refractivity contribution in [3.63, 3.8) is 0 Å². The highest BCUT2D eigenvalue weighted by Crippen LogP contribution is 2.40. The summed E-state index contributed by atoms with van der Waals surface area (Å²) in [6, 6.07) is 0. The number of carbonyl (C=O) groups is 2. The molecule has 0 aliphatic heterocycles. The van der Waals surface area contributed by atoms with E-state index in [9.17, 15) is 22.8 Å². The number of nitrogens with zero attached hydrogens (tertiary/aromatic N) is 1. The Morgan fingerprint density at radius 2 is 1.56 bits per heavy atom. The van der Waals surface area contributed by atoms with E-state index < -0.39 is 32.5 Å². The normalized spacial score (nSPS) is 12.1. The number of hydrogen-bond donors (Lipinski definition) is 0. The molecule has 1 heterocycles. The minimum atomic E-state index is -4.88. The smallest absolute Gasteiger partial charge is 0.281 e. The summed E-state index contributed by atoms with van der Waals surface area (Å²) in [5.74, 6) is -0.109. The summed E-state index contributed by atoms with van der Waals surface area (Å²) < 4.78 is 40.6. The summed E-state index contributed by atoms with van der Waals surface area (Å²) >= 11 is 13.0. The van der Waals surface area contributed by atoms with Crippen molar-refractivity contribution in [1.82, 2.24) is 4.98 Å². The third-order valence-corrected chi connectivity index (χ3v) is 4.76. The van der Waals surface area contributed by atoms with Crippen molar-refractivity contribution in [3.05, 3.63) is 28.1 Å². The lowest BCUT2D eigenvalue weighted by Crippen LogP contribution is -2.23. The molecule has 0 atom stereocenters. The van der Waals surface area contributed by atoms with Crippen LogP contribution < -0.4 is 0 Å². The Labute approximate surface area is 162 Å². The molecule has 0 saturated carbocycles. The van der Waals surface area contributed by atoms with Gasteiger partial charge in [-0.1, -0.05) is 60.6 Å². The van der Waals surface area contributed by atoms with E-state index in [4.69, 9.17) is 23.2 Å². The average Bonchev–Trinajstić information content (AvgIpc) is 2.50. The topological polar surface area (TPSA) is 47.0 Å². The molecule has 25 heavy (non-hydrogen) atoms. The number of carbonyl (C=O) groups excluding carboxylic acids is 2. The van der Waals surface area contributed by atoms with Crippen LogP contribution in [0.3, 0.4) is 0 Å². The van der Waals surface area contributed by atoms with Crippen molar-refractivity contribution < 1.29 is 22.8 Å². The molecule has 0 amide bonds. The predicted octanol–water partition coefficient (Wildman–Crippen LogP) is 5.78. The maximum atomic E-state index is 13.5. The lowest BCUT2D eigenvalue weighted by molar-refractivity contribution is -0.141. The predicted molar refractivity (Wildman–Crippen MR) is 97.9 cm³/mol. The van der Waals surface area contributed by atoms with E-state index in [2.05, 4.69) is 4.98 Å². The van der Waals surface area contributed by atoms with Gasteiger partial charge in [0.05, 0.1) is 16.8 Å². The zero-order valence-corrected chi connectivity index (χ0v) is 17.0. The largest absolute Gasteiger partial charge is 0.434 e. The van der Waals surface area contributed by atoms with Crippen LogP contribution in [-0.4, -0.2) is 27.7 Å². The van der Waals surface area contributed by atoms with E-state index in [1.165, 1.54) is 12.5 Å². The van der Waals surface area contributed by atoms with Gasteiger partial charge < -0.3 is 0 Å². The molecule has 0 unspecified atom stereocenters. The molecular formula is C15H16Cl2F3NO2S2. The van der Waals surface area contributed by atoms with E-state index in [1.807, 2.05) is 0 Å². The number of alkyl halides is 5. The van der Waals surface area contributed by atoms with E-state index in [0.29, 0.717) is 11.8 Å². The monoisotopic (exact) mass is 433 g/mol. The number of hydrogen-bond acceptors (Lipinski definition) is 5. The molecule has 1 aromatic rings. The molecule has 1 rings (SSSR count). The molecule has 3 nitrogen and oxygen atoms in total. The first-order valence-electron chi connectivity index (χ1n) is 7.04. The van der Waals surface area contributed by atoms with Crippen molar-refractivity contribution in [2.75, 3.05) is 12.5 Å². The van der Waals surface area contributed by atoms with Crippen LogP contribution in [0.5, 0.6) is 0 Å². The Morgan fingerprint density at radius 1 is 1.08 bits per heavy atom. The van der Waals surface area contributed by atoms with Crippen molar-refractivity contribution >= 4 is 57.0 Å². The van der Waals surface area contributed by atoms with E-state index in [0.717, 1.165) is 11.8 Å². The maximum absolute atomic E-state index is 13.5. The molecule has 0 N–H and O–H groups in total. The van der Waals surface area contributed by atoms with Gasteiger partial charge in [0.25, 0.3) is 0 Å². The van der Waals surface area contributed by atoms with Crippen molar-refractivity contribution in [2.24, 2.45) is 5.92 Å². The van der Waals surface area contributed by atoms with Gasteiger partial charge in [-0.3, -0.25) is 9.59 Å². The Balaban J connectivity index is 4.05. The van der Waals surface area contributed by atoms with Crippen LogP contribution >= 0.6 is 46.7 Å². The third kappa shape index (κ3) is 5.28. The zero-order chi connectivity index (χ0) is 19.5. The molecule has 0 spiro atoms. The van der Waals surface area contributed by atoms with Crippen LogP contribution in [0.1, 0.15) is 56.4 Å². The Hall–Kier alpha value is -0.440. The highest BCUT2D eigenvalue weighted by molar-refractivity contribution is 8.13. The van der Waals surface area contributed by atoms with Gasteiger partial charge in [0.2, 0.25) is 10.2 Å². The van der Waals surface area contributed by atoms with Gasteiger partial charge in [-0.15, -0.1) is 0 Å². The first-order valence-corrected chi connectivity index (χ1v) is 10.4. The summed E-state index contributed by atoms with van der Waals surface area (Å²) in [7, 11) is 0. The Kier molecular flexibility index (Phi) is 8.11. The summed E-state index contributed by atoms with van der Waals surface area (Å²) in [6.45, 7) is 3.54. The SMILES string of the molecule is CSC(=O)c1c(C(Cl)Cl)nc(C(F)(F)F)c(C(=O)SC)c1CC(C)C. The van der Waals surface area contributed by atoms with Crippen molar-refractivity contribution in [1.29, 1.82) is 0 Å². The second-order valence-electron chi connectivity index (χ2n) is 5.45. The third-order valence-electron chi connectivity index (χ3n) is 3.20. The number of aromatic nitrogens is 1. The summed E-state index contributed by atoms with van der Waals surface area (Å²) in [5, 5.41) is -1.34. The van der Waals surface area contributed by atoms with Gasteiger partial charge in [0, 0.05) is 0 Å². The molecule has 0 aromatic carbocycles. The standard InChI is InChI=1S/C15H16Cl2F3NO2S2/c1-6(2)5-7-8(13(22)24-3)10(12(16)17)21-11(15(18,19)20)9(7)14(23)25-4/h6,12H,5H2,1-4H3. The molecule has 0 fully saturated rings. The number of halogens is 5. The number of pyridine rings is 1. The van der Waals surface area contributed by atoms with E-state index in [-0.39, 0.29) is 29.2 Å². The summed E-state index contributed by atoms with van der Waals surface area (Å²) in [5.41, 5.74) is -2.44. The first kappa shape index (κ1) is 22.6.